The van der Waals surface area contributed by atoms with Gasteiger partial charge in [0.25, 0.3) is 5.91 Å². The highest BCUT2D eigenvalue weighted by molar-refractivity contribution is 6.03. The van der Waals surface area contributed by atoms with Crippen LogP contribution in [0.5, 0.6) is 5.75 Å². The summed E-state index contributed by atoms with van der Waals surface area (Å²) >= 11 is 0. The molecule has 3 heterocycles. The van der Waals surface area contributed by atoms with Crippen molar-refractivity contribution in [1.82, 2.24) is 14.9 Å². The summed E-state index contributed by atoms with van der Waals surface area (Å²) in [4.78, 5) is 35.3. The van der Waals surface area contributed by atoms with E-state index in [0.717, 1.165) is 25.1 Å². The van der Waals surface area contributed by atoms with Gasteiger partial charge >= 0.3 is 0 Å². The molecule has 1 aliphatic carbocycles. The lowest BCUT2D eigenvalue weighted by Gasteiger charge is -2.15. The van der Waals surface area contributed by atoms with Crippen molar-refractivity contribution in [3.05, 3.63) is 96.0 Å². The number of fused-ring (bicyclic) bond motifs is 1. The van der Waals surface area contributed by atoms with E-state index in [1.807, 2.05) is 17.0 Å². The van der Waals surface area contributed by atoms with E-state index in [1.54, 1.807) is 30.5 Å². The number of nitrogens with one attached hydrogen (secondary N) is 1. The Labute approximate surface area is 204 Å². The predicted octanol–water partition coefficient (Wildman–Crippen LogP) is 4.31. The van der Waals surface area contributed by atoms with Gasteiger partial charge in [0.15, 0.2) is 0 Å². The van der Waals surface area contributed by atoms with Gasteiger partial charge in [0.05, 0.1) is 18.9 Å². The minimum atomic E-state index is -0.327. The molecule has 3 aromatic rings. The van der Waals surface area contributed by atoms with Gasteiger partial charge in [-0.3, -0.25) is 14.6 Å². The fourth-order valence-corrected chi connectivity index (χ4v) is 4.65. The molecule has 1 aliphatic heterocycles. The summed E-state index contributed by atoms with van der Waals surface area (Å²) in [5.74, 6) is 1.52. The number of aromatic nitrogens is 2. The van der Waals surface area contributed by atoms with E-state index in [-0.39, 0.29) is 11.8 Å². The van der Waals surface area contributed by atoms with Crippen LogP contribution in [0.4, 0.5) is 5.82 Å². The van der Waals surface area contributed by atoms with E-state index in [1.165, 1.54) is 30.6 Å². The molecule has 176 valence electrons. The third kappa shape index (κ3) is 5.14. The Bertz CT molecular complexity index is 1290. The minimum absolute atomic E-state index is 0.0111. The third-order valence-electron chi connectivity index (χ3n) is 6.50. The van der Waals surface area contributed by atoms with Crippen molar-refractivity contribution in [2.75, 3.05) is 25.5 Å². The molecule has 1 aromatic carbocycles. The maximum atomic E-state index is 12.7. The zero-order valence-corrected chi connectivity index (χ0v) is 19.4. The van der Waals surface area contributed by atoms with Crippen LogP contribution < -0.4 is 10.1 Å². The first-order valence-corrected chi connectivity index (χ1v) is 11.6. The minimum Gasteiger partial charge on any atom is -0.495 e. The summed E-state index contributed by atoms with van der Waals surface area (Å²) in [6.45, 7) is 1.54. The summed E-state index contributed by atoms with van der Waals surface area (Å²) in [7, 11) is 1.52. The summed E-state index contributed by atoms with van der Waals surface area (Å²) < 4.78 is 5.10. The zero-order chi connectivity index (χ0) is 24.2. The number of allylic oxidation sites excluding steroid dienone is 1. The lowest BCUT2D eigenvalue weighted by atomic mass is 9.98. The van der Waals surface area contributed by atoms with Gasteiger partial charge in [-0.2, -0.15) is 0 Å². The molecule has 0 spiro atoms. The van der Waals surface area contributed by atoms with Gasteiger partial charge in [0.1, 0.15) is 11.6 Å². The second kappa shape index (κ2) is 9.93. The predicted molar refractivity (Wildman–Crippen MR) is 135 cm³/mol. The maximum absolute atomic E-state index is 12.7. The number of hydrogen-bond donors (Lipinski definition) is 1. The van der Waals surface area contributed by atoms with Gasteiger partial charge in [-0.05, 0) is 59.2 Å². The Hall–Kier alpha value is -4.26. The van der Waals surface area contributed by atoms with Gasteiger partial charge in [-0.15, -0.1) is 0 Å². The summed E-state index contributed by atoms with van der Waals surface area (Å²) in [5, 5.41) is 2.73. The van der Waals surface area contributed by atoms with Crippen LogP contribution in [0.2, 0.25) is 0 Å². The third-order valence-corrected chi connectivity index (χ3v) is 6.50. The number of anilines is 1. The molecule has 2 atom stereocenters. The van der Waals surface area contributed by atoms with E-state index in [9.17, 15) is 9.59 Å². The molecule has 7 heteroatoms. The molecule has 0 saturated carbocycles. The molecule has 2 amide bonds. The molecule has 0 radical (unpaired) electrons. The number of pyridine rings is 2. The summed E-state index contributed by atoms with van der Waals surface area (Å²) in [5.41, 5.74) is 3.84. The maximum Gasteiger partial charge on any atom is 0.258 e. The average molecular weight is 467 g/mol. The van der Waals surface area contributed by atoms with Gasteiger partial charge in [0, 0.05) is 31.6 Å². The molecule has 1 fully saturated rings. The van der Waals surface area contributed by atoms with Crippen molar-refractivity contribution in [2.45, 2.75) is 6.42 Å². The van der Waals surface area contributed by atoms with Crippen molar-refractivity contribution in [1.29, 1.82) is 0 Å². The Morgan fingerprint density at radius 3 is 2.69 bits per heavy atom. The van der Waals surface area contributed by atoms with Crippen LogP contribution in [0.1, 0.15) is 27.9 Å². The van der Waals surface area contributed by atoms with Crippen molar-refractivity contribution >= 4 is 29.3 Å². The molecule has 7 nitrogen and oxygen atoms in total. The fourth-order valence-electron chi connectivity index (χ4n) is 4.65. The van der Waals surface area contributed by atoms with Crippen LogP contribution in [0, 0.1) is 11.8 Å². The van der Waals surface area contributed by atoms with Crippen molar-refractivity contribution in [3.8, 4) is 5.75 Å². The zero-order valence-electron chi connectivity index (χ0n) is 19.4. The van der Waals surface area contributed by atoms with Gasteiger partial charge in [-0.1, -0.05) is 36.4 Å². The first kappa shape index (κ1) is 22.5. The van der Waals surface area contributed by atoms with Crippen LogP contribution in [-0.2, 0) is 4.79 Å². The van der Waals surface area contributed by atoms with Gasteiger partial charge < -0.3 is 15.0 Å². The first-order chi connectivity index (χ1) is 17.1. The monoisotopic (exact) mass is 466 g/mol. The number of carbonyl (C=O) groups excluding carboxylic acids is 2. The molecule has 1 N–H and O–H groups in total. The van der Waals surface area contributed by atoms with Crippen molar-refractivity contribution in [3.63, 3.8) is 0 Å². The average Bonchev–Trinajstić information content (AvgIpc) is 3.48. The second-order valence-electron chi connectivity index (χ2n) is 8.81. The Morgan fingerprint density at radius 1 is 1.09 bits per heavy atom. The molecule has 0 bridgehead atoms. The molecule has 2 aliphatic rings. The van der Waals surface area contributed by atoms with Gasteiger partial charge in [-0.25, -0.2) is 4.98 Å². The van der Waals surface area contributed by atoms with Crippen molar-refractivity contribution < 1.29 is 14.3 Å². The highest BCUT2D eigenvalue weighted by Crippen LogP contribution is 2.40. The number of amides is 2. The molecule has 5 rings (SSSR count). The lowest BCUT2D eigenvalue weighted by molar-refractivity contribution is -0.125. The quantitative estimate of drug-likeness (QED) is 0.547. The summed E-state index contributed by atoms with van der Waals surface area (Å²) in [6.07, 6.45) is 11.3. The SMILES string of the molecule is COc1cncc(C(=O)Nc2ccc(/C=C/C(=O)N3CC4C=C(c5ccccc5)CC4C3)cn2)c1. The van der Waals surface area contributed by atoms with Crippen LogP contribution in [-0.4, -0.2) is 46.9 Å². The second-order valence-corrected chi connectivity index (χ2v) is 8.81. The highest BCUT2D eigenvalue weighted by Gasteiger charge is 2.37. The van der Waals surface area contributed by atoms with Crippen LogP contribution in [0.25, 0.3) is 11.6 Å². The smallest absolute Gasteiger partial charge is 0.258 e. The lowest BCUT2D eigenvalue weighted by Crippen LogP contribution is -2.27. The Balaban J connectivity index is 1.15. The largest absolute Gasteiger partial charge is 0.495 e. The molecular weight excluding hydrogens is 440 g/mol. The molecule has 2 unspecified atom stereocenters. The van der Waals surface area contributed by atoms with Crippen LogP contribution >= 0.6 is 0 Å². The van der Waals surface area contributed by atoms with E-state index >= 15 is 0 Å². The van der Waals surface area contributed by atoms with E-state index in [4.69, 9.17) is 4.74 Å². The Morgan fingerprint density at radius 2 is 1.94 bits per heavy atom. The van der Waals surface area contributed by atoms with E-state index < -0.39 is 0 Å². The highest BCUT2D eigenvalue weighted by atomic mass is 16.5. The molecule has 1 saturated heterocycles. The van der Waals surface area contributed by atoms with Crippen LogP contribution in [0.15, 0.2) is 79.3 Å². The topological polar surface area (TPSA) is 84.4 Å². The number of benzene rings is 1. The van der Waals surface area contributed by atoms with Crippen molar-refractivity contribution in [2.24, 2.45) is 11.8 Å². The van der Waals surface area contributed by atoms with E-state index in [2.05, 4.69) is 45.6 Å². The molecule has 35 heavy (non-hydrogen) atoms. The van der Waals surface area contributed by atoms with E-state index in [0.29, 0.717) is 29.0 Å². The number of nitrogens with zero attached hydrogens (tertiary/aromatic N) is 3. The number of rotatable bonds is 6. The number of ether oxygens (including phenoxy) is 1. The molecular formula is C28H26N4O3. The molecule has 2 aromatic heterocycles. The van der Waals surface area contributed by atoms with Crippen LogP contribution in [0.3, 0.4) is 0 Å². The van der Waals surface area contributed by atoms with Gasteiger partial charge in [0.2, 0.25) is 5.91 Å². The summed E-state index contributed by atoms with van der Waals surface area (Å²) in [6, 6.07) is 15.6. The fraction of sp³-hybridized carbons (Fsp3) is 0.214. The first-order valence-electron chi connectivity index (χ1n) is 11.6. The number of methoxy groups -OCH3 is 1. The number of carbonyl (C=O) groups is 2. The standard InChI is InChI=1S/C28H26N4O3/c1-35-25-13-22(15-29-16-25)28(34)31-26-9-7-19(14-30-26)8-10-27(33)32-17-23-11-21(12-24(23)18-32)20-5-3-2-4-6-20/h2-11,13-16,23-24H,12,17-18H2,1H3,(H,30,31,34)/b10-8+. The number of likely N-dealkylation sites (tertiary alicyclic amines) is 1. The Kier molecular flexibility index (Phi) is 6.39. The normalized spacial score (nSPS) is 18.9. The number of hydrogen-bond acceptors (Lipinski definition) is 5.